The van der Waals surface area contributed by atoms with E-state index < -0.39 is 10.8 Å². The Morgan fingerprint density at radius 3 is 2.65 bits per heavy atom. The largest absolute Gasteiger partial charge is 0.306 e. The molecule has 7 heteroatoms. The molecule has 1 aromatic carbocycles. The molecule has 0 saturated heterocycles. The smallest absolute Gasteiger partial charge is 0.282 e. The van der Waals surface area contributed by atoms with Crippen molar-refractivity contribution in [1.82, 2.24) is 4.98 Å². The number of amides is 1. The van der Waals surface area contributed by atoms with Crippen LogP contribution in [0.15, 0.2) is 36.4 Å². The molecule has 6 nitrogen and oxygen atoms in total. The van der Waals surface area contributed by atoms with Crippen LogP contribution in [0.5, 0.6) is 0 Å². The van der Waals surface area contributed by atoms with Crippen molar-refractivity contribution in [1.29, 1.82) is 0 Å². The highest BCUT2D eigenvalue weighted by atomic mass is 127. The van der Waals surface area contributed by atoms with Gasteiger partial charge in [-0.15, -0.1) is 0 Å². The number of carbonyl (C=O) groups is 1. The van der Waals surface area contributed by atoms with Gasteiger partial charge in [-0.2, -0.15) is 0 Å². The third-order valence-corrected chi connectivity index (χ3v) is 3.75. The maximum absolute atomic E-state index is 12.1. The van der Waals surface area contributed by atoms with E-state index in [1.54, 1.807) is 12.1 Å². The molecule has 20 heavy (non-hydrogen) atoms. The van der Waals surface area contributed by atoms with Crippen LogP contribution < -0.4 is 5.32 Å². The second kappa shape index (κ2) is 5.95. The average Bonchev–Trinajstić information content (AvgIpc) is 2.43. The van der Waals surface area contributed by atoms with E-state index in [9.17, 15) is 14.9 Å². The van der Waals surface area contributed by atoms with Crippen molar-refractivity contribution < 1.29 is 9.72 Å². The number of carbonyl (C=O) groups excluding carboxylic acids is 1. The summed E-state index contributed by atoms with van der Waals surface area (Å²) in [7, 11) is 0. The zero-order valence-corrected chi connectivity index (χ0v) is 12.6. The lowest BCUT2D eigenvalue weighted by Gasteiger charge is -2.06. The van der Waals surface area contributed by atoms with E-state index in [4.69, 9.17) is 0 Å². The number of anilines is 1. The molecule has 0 atom stereocenters. The fourth-order valence-electron chi connectivity index (χ4n) is 1.62. The molecule has 0 aliphatic heterocycles. The summed E-state index contributed by atoms with van der Waals surface area (Å²) in [4.78, 5) is 26.6. The molecule has 0 bridgehead atoms. The summed E-state index contributed by atoms with van der Waals surface area (Å²) in [5.41, 5.74) is 0.564. The molecule has 2 aromatic rings. The van der Waals surface area contributed by atoms with Crippen LogP contribution in [-0.2, 0) is 0 Å². The number of nitrogens with one attached hydrogen (secondary N) is 1. The first-order valence-corrected chi connectivity index (χ1v) is 6.75. The van der Waals surface area contributed by atoms with E-state index in [1.807, 2.05) is 13.0 Å². The quantitative estimate of drug-likeness (QED) is 0.501. The molecule has 1 heterocycles. The Morgan fingerprint density at radius 1 is 1.30 bits per heavy atom. The molecule has 1 N–H and O–H groups in total. The van der Waals surface area contributed by atoms with Gasteiger partial charge in [0.1, 0.15) is 11.4 Å². The van der Waals surface area contributed by atoms with Gasteiger partial charge in [0.05, 0.1) is 10.6 Å². The number of benzene rings is 1. The number of nitro groups is 1. The molecule has 1 aromatic heterocycles. The number of aryl methyl sites for hydroxylation is 1. The van der Waals surface area contributed by atoms with E-state index in [2.05, 4.69) is 32.9 Å². The van der Waals surface area contributed by atoms with Gasteiger partial charge in [0.25, 0.3) is 11.6 Å². The standard InChI is InChI=1S/C13H10IN3O3/c1-8-10(14)6-7-12(15-8)16-13(18)9-4-2-3-5-11(9)17(19)20/h2-7H,1H3,(H,15,16,18). The molecular weight excluding hydrogens is 373 g/mol. The third kappa shape index (κ3) is 3.10. The average molecular weight is 383 g/mol. The van der Waals surface area contributed by atoms with Crippen molar-refractivity contribution in [2.75, 3.05) is 5.32 Å². The van der Waals surface area contributed by atoms with Crippen LogP contribution in [-0.4, -0.2) is 15.8 Å². The monoisotopic (exact) mass is 383 g/mol. The second-order valence-electron chi connectivity index (χ2n) is 3.99. The molecule has 0 fully saturated rings. The first-order valence-electron chi connectivity index (χ1n) is 5.67. The number of nitro benzene ring substituents is 1. The van der Waals surface area contributed by atoms with Crippen LogP contribution in [0, 0.1) is 20.6 Å². The Kier molecular flexibility index (Phi) is 4.28. The summed E-state index contributed by atoms with van der Waals surface area (Å²) in [6, 6.07) is 9.27. The summed E-state index contributed by atoms with van der Waals surface area (Å²) < 4.78 is 0.978. The van der Waals surface area contributed by atoms with Gasteiger partial charge in [-0.3, -0.25) is 14.9 Å². The number of aromatic nitrogens is 1. The number of rotatable bonds is 3. The fraction of sp³-hybridized carbons (Fsp3) is 0.0769. The van der Waals surface area contributed by atoms with Crippen molar-refractivity contribution in [3.63, 3.8) is 0 Å². The molecule has 0 aliphatic carbocycles. The first kappa shape index (κ1) is 14.4. The third-order valence-electron chi connectivity index (χ3n) is 2.61. The lowest BCUT2D eigenvalue weighted by Crippen LogP contribution is -2.15. The molecule has 0 aliphatic rings. The minimum absolute atomic E-state index is 0.00973. The van der Waals surface area contributed by atoms with Gasteiger partial charge in [-0.25, -0.2) is 4.98 Å². The van der Waals surface area contributed by atoms with Gasteiger partial charge in [0.2, 0.25) is 0 Å². The van der Waals surface area contributed by atoms with E-state index in [0.29, 0.717) is 5.82 Å². The molecule has 0 radical (unpaired) electrons. The van der Waals surface area contributed by atoms with Crippen LogP contribution in [0.25, 0.3) is 0 Å². The second-order valence-corrected chi connectivity index (χ2v) is 5.15. The van der Waals surface area contributed by atoms with Gasteiger partial charge in [0, 0.05) is 9.64 Å². The van der Waals surface area contributed by atoms with Gasteiger partial charge < -0.3 is 5.32 Å². The number of hydrogen-bond acceptors (Lipinski definition) is 4. The number of nitrogens with zero attached hydrogens (tertiary/aromatic N) is 2. The van der Waals surface area contributed by atoms with Crippen LogP contribution in [0.3, 0.4) is 0 Å². The number of para-hydroxylation sites is 1. The Balaban J connectivity index is 2.28. The first-order chi connectivity index (χ1) is 9.49. The predicted molar refractivity (Wildman–Crippen MR) is 82.7 cm³/mol. The van der Waals surface area contributed by atoms with E-state index >= 15 is 0 Å². The fourth-order valence-corrected chi connectivity index (χ4v) is 1.92. The summed E-state index contributed by atoms with van der Waals surface area (Å²) in [6.45, 7) is 1.82. The summed E-state index contributed by atoms with van der Waals surface area (Å²) in [6.07, 6.45) is 0. The van der Waals surface area contributed by atoms with Crippen LogP contribution in [0.1, 0.15) is 16.1 Å². The maximum atomic E-state index is 12.1. The van der Waals surface area contributed by atoms with E-state index in [0.717, 1.165) is 9.26 Å². The van der Waals surface area contributed by atoms with Crippen LogP contribution in [0.4, 0.5) is 11.5 Å². The van der Waals surface area contributed by atoms with Crippen LogP contribution in [0.2, 0.25) is 0 Å². The van der Waals surface area contributed by atoms with Gasteiger partial charge in [-0.05, 0) is 47.7 Å². The highest BCUT2D eigenvalue weighted by Crippen LogP contribution is 2.19. The van der Waals surface area contributed by atoms with Crippen LogP contribution >= 0.6 is 22.6 Å². The minimum atomic E-state index is -0.582. The predicted octanol–water partition coefficient (Wildman–Crippen LogP) is 3.16. The highest BCUT2D eigenvalue weighted by molar-refractivity contribution is 14.1. The SMILES string of the molecule is Cc1nc(NC(=O)c2ccccc2[N+](=O)[O-])ccc1I. The summed E-state index contributed by atoms with van der Waals surface area (Å²) in [5.74, 6) is -0.184. The molecule has 1 amide bonds. The molecule has 0 spiro atoms. The van der Waals surface area contributed by atoms with Crippen molar-refractivity contribution in [2.45, 2.75) is 6.92 Å². The topological polar surface area (TPSA) is 85.1 Å². The van der Waals surface area contributed by atoms with Crippen molar-refractivity contribution in [2.24, 2.45) is 0 Å². The number of pyridine rings is 1. The summed E-state index contributed by atoms with van der Waals surface area (Å²) in [5, 5.41) is 13.5. The maximum Gasteiger partial charge on any atom is 0.282 e. The molecule has 0 unspecified atom stereocenters. The normalized spacial score (nSPS) is 10.1. The van der Waals surface area contributed by atoms with Gasteiger partial charge in [-0.1, -0.05) is 12.1 Å². The number of halogens is 1. The highest BCUT2D eigenvalue weighted by Gasteiger charge is 2.19. The zero-order valence-electron chi connectivity index (χ0n) is 10.5. The zero-order chi connectivity index (χ0) is 14.7. The van der Waals surface area contributed by atoms with Crippen molar-refractivity contribution in [3.8, 4) is 0 Å². The van der Waals surface area contributed by atoms with Crippen molar-refractivity contribution in [3.05, 3.63) is 61.3 Å². The lowest BCUT2D eigenvalue weighted by molar-refractivity contribution is -0.385. The minimum Gasteiger partial charge on any atom is -0.306 e. The molecule has 0 saturated carbocycles. The Hall–Kier alpha value is -2.03. The summed E-state index contributed by atoms with van der Waals surface area (Å²) >= 11 is 2.14. The number of hydrogen-bond donors (Lipinski definition) is 1. The molecular formula is C13H10IN3O3. The molecule has 102 valence electrons. The Labute approximate surface area is 128 Å². The van der Waals surface area contributed by atoms with Crippen molar-refractivity contribution >= 4 is 40.0 Å². The molecule has 2 rings (SSSR count). The lowest BCUT2D eigenvalue weighted by atomic mass is 10.1. The van der Waals surface area contributed by atoms with Gasteiger partial charge >= 0.3 is 0 Å². The van der Waals surface area contributed by atoms with E-state index in [-0.39, 0.29) is 11.3 Å². The van der Waals surface area contributed by atoms with E-state index in [1.165, 1.54) is 18.2 Å². The van der Waals surface area contributed by atoms with Gasteiger partial charge in [0.15, 0.2) is 0 Å². The Morgan fingerprint density at radius 2 is 2.00 bits per heavy atom. The Bertz CT molecular complexity index is 688.